The van der Waals surface area contributed by atoms with Crippen molar-refractivity contribution in [1.82, 2.24) is 15.6 Å². The molecule has 2 heterocycles. The molecule has 1 aromatic carbocycles. The zero-order valence-electron chi connectivity index (χ0n) is 29.2. The van der Waals surface area contributed by atoms with Gasteiger partial charge in [-0.15, -0.1) is 11.8 Å². The highest BCUT2D eigenvalue weighted by Crippen LogP contribution is 2.34. The number of aromatic nitrogens is 1. The molecule has 1 aromatic heterocycles. The lowest BCUT2D eigenvalue weighted by Crippen LogP contribution is -2.45. The van der Waals surface area contributed by atoms with Gasteiger partial charge in [0.2, 0.25) is 5.91 Å². The highest BCUT2D eigenvalue weighted by molar-refractivity contribution is 7.98. The van der Waals surface area contributed by atoms with E-state index in [-0.39, 0.29) is 25.2 Å². The number of benzene rings is 1. The zero-order chi connectivity index (χ0) is 36.1. The van der Waals surface area contributed by atoms with Gasteiger partial charge < -0.3 is 29.7 Å². The number of nitriles is 2. The number of pyridine rings is 1. The summed E-state index contributed by atoms with van der Waals surface area (Å²) in [6.45, 7) is 15.8. The molecule has 0 bridgehead atoms. The average molecular weight is 691 g/mol. The fraction of sp³-hybridized carbons (Fsp3) is 0.500. The number of carbonyl (C=O) groups excluding carboxylic acids is 3. The highest BCUT2D eigenvalue weighted by Gasteiger charge is 2.28. The van der Waals surface area contributed by atoms with E-state index in [1.807, 2.05) is 31.2 Å². The summed E-state index contributed by atoms with van der Waals surface area (Å²) in [5.41, 5.74) is 3.28. The summed E-state index contributed by atoms with van der Waals surface area (Å²) in [4.78, 5) is 42.9. The first-order chi connectivity index (χ1) is 23.3. The number of piperidine rings is 1. The molecule has 1 aliphatic rings. The zero-order valence-corrected chi connectivity index (χ0v) is 30.0. The number of nitrogens with zero attached hydrogens (tertiary/aromatic N) is 4. The molecule has 0 unspecified atom stereocenters. The molecule has 0 radical (unpaired) electrons. The molecule has 2 aromatic rings. The summed E-state index contributed by atoms with van der Waals surface area (Å²) in [6.07, 6.45) is 1.04. The Morgan fingerprint density at radius 2 is 1.69 bits per heavy atom. The molecule has 1 saturated heterocycles. The number of rotatable bonds is 14. The van der Waals surface area contributed by atoms with Crippen molar-refractivity contribution < 1.29 is 28.6 Å². The van der Waals surface area contributed by atoms with Crippen LogP contribution in [-0.4, -0.2) is 67.0 Å². The van der Waals surface area contributed by atoms with E-state index in [1.165, 1.54) is 18.7 Å². The van der Waals surface area contributed by atoms with Crippen LogP contribution in [0.3, 0.4) is 0 Å². The summed E-state index contributed by atoms with van der Waals surface area (Å²) < 4.78 is 16.6. The molecule has 0 spiro atoms. The van der Waals surface area contributed by atoms with Crippen molar-refractivity contribution in [2.75, 3.05) is 31.2 Å². The molecular formula is C36H46N6O6S. The Balaban J connectivity index is 1.59. The maximum atomic E-state index is 12.6. The lowest BCUT2D eigenvalue weighted by Gasteiger charge is -2.34. The minimum Gasteiger partial charge on any atom is -0.461 e. The lowest BCUT2D eigenvalue weighted by molar-refractivity contribution is -0.147. The number of amides is 2. The Bertz CT molecular complexity index is 1580. The van der Waals surface area contributed by atoms with Crippen LogP contribution in [0.1, 0.15) is 82.2 Å². The number of thioether (sulfide) groups is 1. The van der Waals surface area contributed by atoms with Gasteiger partial charge in [0.1, 0.15) is 35.2 Å². The fourth-order valence-electron chi connectivity index (χ4n) is 5.13. The first-order valence-electron chi connectivity index (χ1n) is 16.3. The second-order valence-corrected chi connectivity index (χ2v) is 13.7. The van der Waals surface area contributed by atoms with Gasteiger partial charge in [-0.25, -0.2) is 14.6 Å². The topological polar surface area (TPSA) is 167 Å². The second-order valence-electron chi connectivity index (χ2n) is 12.7. The van der Waals surface area contributed by atoms with E-state index in [2.05, 4.69) is 34.3 Å². The molecule has 262 valence electrons. The molecule has 12 nitrogen and oxygen atoms in total. The molecular weight excluding hydrogens is 644 g/mol. The van der Waals surface area contributed by atoms with E-state index >= 15 is 0 Å². The summed E-state index contributed by atoms with van der Waals surface area (Å²) in [7, 11) is 0. The Morgan fingerprint density at radius 3 is 2.24 bits per heavy atom. The summed E-state index contributed by atoms with van der Waals surface area (Å²) in [5, 5.41) is 26.1. The number of hydrogen-bond acceptors (Lipinski definition) is 11. The van der Waals surface area contributed by atoms with E-state index < -0.39 is 23.7 Å². The smallest absolute Gasteiger partial charge is 0.408 e. The molecule has 2 N–H and O–H groups in total. The number of anilines is 1. The van der Waals surface area contributed by atoms with Crippen LogP contribution in [0.2, 0.25) is 0 Å². The Kier molecular flexibility index (Phi) is 14.5. The van der Waals surface area contributed by atoms with Gasteiger partial charge in [0.25, 0.3) is 0 Å². The third-order valence-electron chi connectivity index (χ3n) is 7.58. The Hall–Kier alpha value is -4.59. The van der Waals surface area contributed by atoms with Crippen LogP contribution in [-0.2, 0) is 42.5 Å². The van der Waals surface area contributed by atoms with Crippen LogP contribution in [0.4, 0.5) is 10.6 Å². The SMILES string of the molecule is C=C(C)[C@H](NC(=O)OC(C)(C)C)C(=O)OCCOC1CCN(c2nc(SCc3ccc(CNC(C)=O)cc3)c(C#N)c(CC)c2C#N)CC1. The number of ether oxygens (including phenoxy) is 3. The van der Waals surface area contributed by atoms with Crippen molar-refractivity contribution in [3.63, 3.8) is 0 Å². The van der Waals surface area contributed by atoms with Crippen molar-refractivity contribution >= 4 is 35.5 Å². The van der Waals surface area contributed by atoms with Crippen LogP contribution in [0, 0.1) is 22.7 Å². The molecule has 0 saturated carbocycles. The van der Waals surface area contributed by atoms with Gasteiger partial charge in [0.15, 0.2) is 6.04 Å². The molecule has 3 rings (SSSR count). The molecule has 1 fully saturated rings. The van der Waals surface area contributed by atoms with E-state index in [0.717, 1.165) is 11.1 Å². The molecule has 2 amide bonds. The second kappa shape index (κ2) is 18.2. The van der Waals surface area contributed by atoms with Crippen molar-refractivity contribution in [2.45, 2.75) is 95.9 Å². The predicted molar refractivity (Wildman–Crippen MR) is 187 cm³/mol. The fourth-order valence-corrected chi connectivity index (χ4v) is 6.09. The van der Waals surface area contributed by atoms with Gasteiger partial charge in [-0.2, -0.15) is 10.5 Å². The number of nitrogens with one attached hydrogen (secondary N) is 2. The van der Waals surface area contributed by atoms with Gasteiger partial charge in [-0.05, 0) is 69.2 Å². The predicted octanol–water partition coefficient (Wildman–Crippen LogP) is 5.31. The first kappa shape index (κ1) is 38.9. The lowest BCUT2D eigenvalue weighted by atomic mass is 10.0. The molecule has 49 heavy (non-hydrogen) atoms. The number of hydrogen-bond donors (Lipinski definition) is 2. The Labute approximate surface area is 293 Å². The van der Waals surface area contributed by atoms with Crippen LogP contribution >= 0.6 is 11.8 Å². The number of carbonyl (C=O) groups is 3. The van der Waals surface area contributed by atoms with Gasteiger partial charge >= 0.3 is 12.1 Å². The van der Waals surface area contributed by atoms with E-state index in [0.29, 0.717) is 77.8 Å². The quantitative estimate of drug-likeness (QED) is 0.114. The van der Waals surface area contributed by atoms with Gasteiger partial charge in [-0.1, -0.05) is 37.8 Å². The maximum Gasteiger partial charge on any atom is 0.408 e. The van der Waals surface area contributed by atoms with E-state index in [1.54, 1.807) is 27.7 Å². The molecule has 1 aliphatic heterocycles. The van der Waals surface area contributed by atoms with E-state index in [4.69, 9.17) is 19.2 Å². The standard InChI is InChI=1S/C36H46N6O6S/c1-8-28-29(19-37)32(41-33(30(28)20-38)49-22-26-11-9-25(10-12-26)21-39-24(4)43)42-15-13-27(14-16-42)46-17-18-47-34(44)31(23(2)3)40-35(45)48-36(5,6)7/h9-12,27,31H,2,8,13-18,21-22H2,1,3-7H3,(H,39,43)(H,40,45)/t31-/m0/s1. The average Bonchev–Trinajstić information content (AvgIpc) is 3.06. The van der Waals surface area contributed by atoms with Crippen molar-refractivity contribution in [1.29, 1.82) is 10.5 Å². The molecule has 13 heteroatoms. The summed E-state index contributed by atoms with van der Waals surface area (Å²) in [5.74, 6) is 0.424. The largest absolute Gasteiger partial charge is 0.461 e. The van der Waals surface area contributed by atoms with Gasteiger partial charge in [-0.3, -0.25) is 4.79 Å². The summed E-state index contributed by atoms with van der Waals surface area (Å²) >= 11 is 1.46. The summed E-state index contributed by atoms with van der Waals surface area (Å²) in [6, 6.07) is 11.5. The van der Waals surface area contributed by atoms with Crippen LogP contribution in [0.15, 0.2) is 41.4 Å². The third kappa shape index (κ3) is 11.8. The number of alkyl carbamates (subject to hydrolysis) is 1. The maximum absolute atomic E-state index is 12.6. The van der Waals surface area contributed by atoms with Crippen molar-refractivity contribution in [3.05, 3.63) is 64.2 Å². The minimum atomic E-state index is -1.04. The number of esters is 1. The molecule has 0 aliphatic carbocycles. The first-order valence-corrected chi connectivity index (χ1v) is 17.2. The normalized spacial score (nSPS) is 13.8. The van der Waals surface area contributed by atoms with Crippen LogP contribution in [0.5, 0.6) is 0 Å². The van der Waals surface area contributed by atoms with Gasteiger partial charge in [0.05, 0.1) is 23.8 Å². The minimum absolute atomic E-state index is 0.00700. The van der Waals surface area contributed by atoms with Gasteiger partial charge in [0, 0.05) is 32.3 Å². The van der Waals surface area contributed by atoms with E-state index in [9.17, 15) is 24.9 Å². The van der Waals surface area contributed by atoms with Crippen LogP contribution in [0.25, 0.3) is 0 Å². The monoisotopic (exact) mass is 690 g/mol. The van der Waals surface area contributed by atoms with Crippen LogP contribution < -0.4 is 15.5 Å². The third-order valence-corrected chi connectivity index (χ3v) is 8.62. The van der Waals surface area contributed by atoms with Crippen molar-refractivity contribution in [3.8, 4) is 12.1 Å². The Morgan fingerprint density at radius 1 is 1.06 bits per heavy atom. The molecule has 1 atom stereocenters. The van der Waals surface area contributed by atoms with Crippen molar-refractivity contribution in [2.24, 2.45) is 0 Å². The highest BCUT2D eigenvalue weighted by atomic mass is 32.2.